The zero-order chi connectivity index (χ0) is 20.8. The highest BCUT2D eigenvalue weighted by atomic mass is 32.2. The van der Waals surface area contributed by atoms with E-state index >= 15 is 0 Å². The summed E-state index contributed by atoms with van der Waals surface area (Å²) in [5.41, 5.74) is 3.59. The average Bonchev–Trinajstić information content (AvgIpc) is 2.79. The molecule has 1 N–H and O–H groups in total. The van der Waals surface area contributed by atoms with E-state index in [0.717, 1.165) is 17.9 Å². The highest BCUT2D eigenvalue weighted by Gasteiger charge is 2.22. The number of hydrogen-bond acceptors (Lipinski definition) is 5. The molecule has 0 fully saturated rings. The van der Waals surface area contributed by atoms with E-state index in [0.29, 0.717) is 19.6 Å². The Bertz CT molecular complexity index is 915. The molecule has 0 aromatic heterocycles. The summed E-state index contributed by atoms with van der Waals surface area (Å²) in [5, 5.41) is 9.40. The Balaban J connectivity index is 1.39. The standard InChI is InChI=1S/C25H27NO3S/c1-2-28-21(18-27)17-19-11-13-20(14-12-19)29-16-15-26-22-7-3-5-9-24(22)30-25-10-6-4-8-23(25)26/h3-14,21,27H,2,15-18H2,1H3/t21-/m0/s1. The van der Waals surface area contributed by atoms with Gasteiger partial charge < -0.3 is 19.5 Å². The van der Waals surface area contributed by atoms with Crippen LogP contribution in [-0.4, -0.2) is 37.6 Å². The van der Waals surface area contributed by atoms with Crippen LogP contribution in [0.15, 0.2) is 82.6 Å². The van der Waals surface area contributed by atoms with Gasteiger partial charge in [0.25, 0.3) is 0 Å². The molecular weight excluding hydrogens is 394 g/mol. The number of hydrogen-bond donors (Lipinski definition) is 1. The average molecular weight is 422 g/mol. The molecule has 3 aromatic rings. The van der Waals surface area contributed by atoms with Gasteiger partial charge in [0, 0.05) is 22.8 Å². The van der Waals surface area contributed by atoms with Gasteiger partial charge in [-0.05, 0) is 48.9 Å². The van der Waals surface area contributed by atoms with Crippen LogP contribution in [0.4, 0.5) is 11.4 Å². The second kappa shape index (κ2) is 10.0. The van der Waals surface area contributed by atoms with Gasteiger partial charge in [-0.15, -0.1) is 0 Å². The quantitative estimate of drug-likeness (QED) is 0.507. The maximum atomic E-state index is 9.40. The first-order valence-corrected chi connectivity index (χ1v) is 11.2. The molecule has 1 atom stereocenters. The topological polar surface area (TPSA) is 41.9 Å². The zero-order valence-corrected chi connectivity index (χ0v) is 18.0. The molecule has 1 aliphatic rings. The van der Waals surface area contributed by atoms with E-state index in [2.05, 4.69) is 53.4 Å². The Kier molecular flexibility index (Phi) is 6.95. The predicted molar refractivity (Wildman–Crippen MR) is 122 cm³/mol. The van der Waals surface area contributed by atoms with Crippen molar-refractivity contribution in [2.75, 3.05) is 31.3 Å². The van der Waals surface area contributed by atoms with Gasteiger partial charge in [-0.25, -0.2) is 0 Å². The maximum Gasteiger partial charge on any atom is 0.119 e. The molecule has 0 saturated heterocycles. The Morgan fingerprint density at radius 2 is 1.53 bits per heavy atom. The summed E-state index contributed by atoms with van der Waals surface area (Å²) in [6.45, 7) is 3.94. The van der Waals surface area contributed by atoms with Gasteiger partial charge in [-0.3, -0.25) is 0 Å². The van der Waals surface area contributed by atoms with Crippen LogP contribution in [0, 0.1) is 0 Å². The lowest BCUT2D eigenvalue weighted by atomic mass is 10.1. The molecule has 5 heteroatoms. The second-order valence-corrected chi connectivity index (χ2v) is 8.23. The van der Waals surface area contributed by atoms with E-state index in [1.807, 2.05) is 43.0 Å². The first-order chi connectivity index (χ1) is 14.8. The largest absolute Gasteiger partial charge is 0.492 e. The van der Waals surface area contributed by atoms with Crippen LogP contribution >= 0.6 is 11.8 Å². The lowest BCUT2D eigenvalue weighted by Gasteiger charge is -2.32. The molecule has 0 saturated carbocycles. The predicted octanol–water partition coefficient (Wildman–Crippen LogP) is 5.31. The molecule has 0 amide bonds. The summed E-state index contributed by atoms with van der Waals surface area (Å²) in [6, 6.07) is 25.1. The molecule has 0 spiro atoms. The second-order valence-electron chi connectivity index (χ2n) is 7.15. The Labute approximate surface area is 182 Å². The van der Waals surface area contributed by atoms with Crippen molar-refractivity contribution in [1.29, 1.82) is 0 Å². The number of rotatable bonds is 9. The molecule has 4 rings (SSSR count). The third-order valence-electron chi connectivity index (χ3n) is 5.11. The van der Waals surface area contributed by atoms with Crippen molar-refractivity contribution in [2.24, 2.45) is 0 Å². The highest BCUT2D eigenvalue weighted by Crippen LogP contribution is 2.47. The first kappa shape index (κ1) is 20.8. The summed E-state index contributed by atoms with van der Waals surface area (Å²) in [7, 11) is 0. The Morgan fingerprint density at radius 1 is 0.900 bits per heavy atom. The van der Waals surface area contributed by atoms with Crippen molar-refractivity contribution >= 4 is 23.1 Å². The van der Waals surface area contributed by atoms with Crippen LogP contribution < -0.4 is 9.64 Å². The van der Waals surface area contributed by atoms with Crippen LogP contribution in [-0.2, 0) is 11.2 Å². The molecule has 0 unspecified atom stereocenters. The summed E-state index contributed by atoms with van der Waals surface area (Å²) in [5.74, 6) is 0.851. The first-order valence-electron chi connectivity index (χ1n) is 10.4. The number of para-hydroxylation sites is 2. The number of nitrogens with zero attached hydrogens (tertiary/aromatic N) is 1. The van der Waals surface area contributed by atoms with Crippen molar-refractivity contribution in [2.45, 2.75) is 29.2 Å². The number of ether oxygens (including phenoxy) is 2. The van der Waals surface area contributed by atoms with Crippen LogP contribution in [0.25, 0.3) is 0 Å². The summed E-state index contributed by atoms with van der Waals surface area (Å²) >= 11 is 1.82. The number of benzene rings is 3. The van der Waals surface area contributed by atoms with E-state index < -0.39 is 0 Å². The lowest BCUT2D eigenvalue weighted by molar-refractivity contribution is 0.0207. The number of anilines is 2. The number of fused-ring (bicyclic) bond motifs is 2. The minimum atomic E-state index is -0.154. The van der Waals surface area contributed by atoms with Crippen LogP contribution in [0.1, 0.15) is 12.5 Å². The molecule has 30 heavy (non-hydrogen) atoms. The molecule has 3 aromatic carbocycles. The van der Waals surface area contributed by atoms with Crippen LogP contribution in [0.5, 0.6) is 5.75 Å². The normalized spacial score (nSPS) is 13.5. The third-order valence-corrected chi connectivity index (χ3v) is 6.24. The van der Waals surface area contributed by atoms with Crippen molar-refractivity contribution < 1.29 is 14.6 Å². The SMILES string of the molecule is CCO[C@H](CO)Cc1ccc(OCCN2c3ccccc3Sc3ccccc32)cc1. The van der Waals surface area contributed by atoms with Crippen LogP contribution in [0.2, 0.25) is 0 Å². The van der Waals surface area contributed by atoms with Gasteiger partial charge in [0.1, 0.15) is 12.4 Å². The molecular formula is C25H27NO3S. The minimum absolute atomic E-state index is 0.0309. The molecule has 0 radical (unpaired) electrons. The number of aliphatic hydroxyl groups is 1. The van der Waals surface area contributed by atoms with Gasteiger partial charge in [0.05, 0.1) is 30.6 Å². The van der Waals surface area contributed by atoms with Gasteiger partial charge in [-0.1, -0.05) is 48.2 Å². The molecule has 4 nitrogen and oxygen atoms in total. The van der Waals surface area contributed by atoms with E-state index in [1.54, 1.807) is 0 Å². The highest BCUT2D eigenvalue weighted by molar-refractivity contribution is 7.99. The molecule has 0 aliphatic carbocycles. The fraction of sp³-hybridized carbons (Fsp3) is 0.280. The minimum Gasteiger partial charge on any atom is -0.492 e. The van der Waals surface area contributed by atoms with E-state index in [1.165, 1.54) is 21.2 Å². The van der Waals surface area contributed by atoms with Gasteiger partial charge in [0.15, 0.2) is 0 Å². The van der Waals surface area contributed by atoms with E-state index in [4.69, 9.17) is 9.47 Å². The van der Waals surface area contributed by atoms with Gasteiger partial charge in [0.2, 0.25) is 0 Å². The zero-order valence-electron chi connectivity index (χ0n) is 17.2. The van der Waals surface area contributed by atoms with Crippen molar-refractivity contribution in [3.8, 4) is 5.75 Å². The summed E-state index contributed by atoms with van der Waals surface area (Å²) in [6.07, 6.45) is 0.544. The van der Waals surface area contributed by atoms with Crippen molar-refractivity contribution in [3.63, 3.8) is 0 Å². The molecule has 156 valence electrons. The maximum absolute atomic E-state index is 9.40. The lowest BCUT2D eigenvalue weighted by Crippen LogP contribution is -2.26. The third kappa shape index (κ3) is 4.81. The Morgan fingerprint density at radius 3 is 2.13 bits per heavy atom. The van der Waals surface area contributed by atoms with Gasteiger partial charge >= 0.3 is 0 Å². The summed E-state index contributed by atoms with van der Waals surface area (Å²) in [4.78, 5) is 4.88. The van der Waals surface area contributed by atoms with Crippen molar-refractivity contribution in [1.82, 2.24) is 0 Å². The van der Waals surface area contributed by atoms with Crippen LogP contribution in [0.3, 0.4) is 0 Å². The van der Waals surface area contributed by atoms with E-state index in [-0.39, 0.29) is 12.7 Å². The fourth-order valence-electron chi connectivity index (χ4n) is 3.67. The van der Waals surface area contributed by atoms with Crippen molar-refractivity contribution in [3.05, 3.63) is 78.4 Å². The van der Waals surface area contributed by atoms with Gasteiger partial charge in [-0.2, -0.15) is 0 Å². The Hall–Kier alpha value is -2.47. The summed E-state index contributed by atoms with van der Waals surface area (Å²) < 4.78 is 11.6. The fourth-order valence-corrected chi connectivity index (χ4v) is 4.77. The van der Waals surface area contributed by atoms with E-state index in [9.17, 15) is 5.11 Å². The number of aliphatic hydroxyl groups excluding tert-OH is 1. The molecule has 0 bridgehead atoms. The molecule has 1 aliphatic heterocycles. The molecule has 1 heterocycles. The smallest absolute Gasteiger partial charge is 0.119 e. The monoisotopic (exact) mass is 421 g/mol.